The summed E-state index contributed by atoms with van der Waals surface area (Å²) in [6.45, 7) is 13.1. The molecule has 0 bridgehead atoms. The van der Waals surface area contributed by atoms with E-state index < -0.39 is 59.5 Å². The molecule has 2 fully saturated rings. The van der Waals surface area contributed by atoms with Gasteiger partial charge in [0.2, 0.25) is 23.5 Å². The van der Waals surface area contributed by atoms with Crippen LogP contribution in [-0.4, -0.2) is 86.9 Å². The number of nitrogens with zero attached hydrogens (tertiary/aromatic N) is 3. The second-order valence-corrected chi connectivity index (χ2v) is 13.3. The largest absolute Gasteiger partial charge is 0.347 e. The molecule has 2 aliphatic rings. The highest BCUT2D eigenvalue weighted by Gasteiger charge is 2.51. The zero-order valence-electron chi connectivity index (χ0n) is 28.2. The monoisotopic (exact) mass is 641 g/mol. The van der Waals surface area contributed by atoms with Crippen LogP contribution in [0.25, 0.3) is 0 Å². The first-order chi connectivity index (χ1) is 21.8. The number of amides is 5. The molecule has 1 aliphatic heterocycles. The average molecular weight is 642 g/mol. The molecule has 13 nitrogen and oxygen atoms in total. The molecule has 0 radical (unpaired) electrons. The van der Waals surface area contributed by atoms with Crippen molar-refractivity contribution in [3.63, 3.8) is 0 Å². The van der Waals surface area contributed by atoms with Crippen molar-refractivity contribution in [1.82, 2.24) is 36.1 Å². The average Bonchev–Trinajstić information content (AvgIpc) is 3.63. The Morgan fingerprint density at radius 2 is 1.59 bits per heavy atom. The van der Waals surface area contributed by atoms with Crippen molar-refractivity contribution < 1.29 is 28.8 Å². The first-order valence-corrected chi connectivity index (χ1v) is 16.6. The summed E-state index contributed by atoms with van der Waals surface area (Å²) < 4.78 is 0. The SMILES string of the molecule is CCCC(NC(=O)[C@@H]1[C@H]2CCC[C@H]2CN1C(=O)[C@@H](NC(=O)[C@H](NC(=O)c1cnccn1)C(C)C)C(C)C)C(=O)C(=O)N[C@@H](C)CC. The highest BCUT2D eigenvalue weighted by molar-refractivity contribution is 6.38. The number of likely N-dealkylation sites (tertiary alicyclic amines) is 1. The van der Waals surface area contributed by atoms with Crippen molar-refractivity contribution in [1.29, 1.82) is 0 Å². The van der Waals surface area contributed by atoms with E-state index in [1.807, 2.05) is 27.7 Å². The Labute approximate surface area is 271 Å². The Hall–Kier alpha value is -3.90. The van der Waals surface area contributed by atoms with Gasteiger partial charge in [-0.2, -0.15) is 0 Å². The molecule has 1 saturated heterocycles. The van der Waals surface area contributed by atoms with E-state index in [1.165, 1.54) is 18.6 Å². The quantitative estimate of drug-likeness (QED) is 0.209. The molecule has 2 heterocycles. The minimum Gasteiger partial charge on any atom is -0.347 e. The van der Waals surface area contributed by atoms with E-state index in [9.17, 15) is 28.8 Å². The van der Waals surface area contributed by atoms with Crippen molar-refractivity contribution in [2.45, 2.75) is 117 Å². The van der Waals surface area contributed by atoms with Crippen LogP contribution in [0.5, 0.6) is 0 Å². The molecule has 0 spiro atoms. The van der Waals surface area contributed by atoms with Gasteiger partial charge in [0.15, 0.2) is 0 Å². The fourth-order valence-corrected chi connectivity index (χ4v) is 6.34. The molecule has 1 aromatic heterocycles. The van der Waals surface area contributed by atoms with Crippen LogP contribution in [0, 0.1) is 23.7 Å². The first-order valence-electron chi connectivity index (χ1n) is 16.6. The summed E-state index contributed by atoms with van der Waals surface area (Å²) in [6.07, 6.45) is 8.20. The van der Waals surface area contributed by atoms with E-state index in [1.54, 1.807) is 25.7 Å². The smallest absolute Gasteiger partial charge is 0.289 e. The lowest BCUT2D eigenvalue weighted by Crippen LogP contribution is -2.60. The van der Waals surface area contributed by atoms with Crippen LogP contribution in [0.15, 0.2) is 18.6 Å². The second kappa shape index (κ2) is 16.6. The van der Waals surface area contributed by atoms with E-state index in [2.05, 4.69) is 31.2 Å². The molecule has 3 rings (SSSR count). The molecule has 254 valence electrons. The third-order valence-electron chi connectivity index (χ3n) is 9.13. The number of carbonyl (C=O) groups is 6. The van der Waals surface area contributed by atoms with Gasteiger partial charge in [-0.25, -0.2) is 4.98 Å². The molecule has 1 aromatic rings. The summed E-state index contributed by atoms with van der Waals surface area (Å²) in [7, 11) is 0. The molecular formula is C33H51N7O6. The van der Waals surface area contributed by atoms with Gasteiger partial charge in [-0.3, -0.25) is 33.8 Å². The van der Waals surface area contributed by atoms with Gasteiger partial charge in [-0.15, -0.1) is 0 Å². The van der Waals surface area contributed by atoms with Gasteiger partial charge < -0.3 is 26.2 Å². The molecule has 4 N–H and O–H groups in total. The van der Waals surface area contributed by atoms with Crippen LogP contribution in [0.2, 0.25) is 0 Å². The summed E-state index contributed by atoms with van der Waals surface area (Å²) >= 11 is 0. The first kappa shape index (κ1) is 36.6. The Morgan fingerprint density at radius 1 is 0.891 bits per heavy atom. The lowest BCUT2D eigenvalue weighted by atomic mass is 9.92. The van der Waals surface area contributed by atoms with E-state index in [4.69, 9.17) is 0 Å². The summed E-state index contributed by atoms with van der Waals surface area (Å²) in [5.41, 5.74) is 0.0621. The molecule has 7 atom stereocenters. The Balaban J connectivity index is 1.80. The van der Waals surface area contributed by atoms with Gasteiger partial charge in [0.25, 0.3) is 11.8 Å². The van der Waals surface area contributed by atoms with Crippen LogP contribution in [0.1, 0.15) is 97.5 Å². The number of nitrogens with one attached hydrogen (secondary N) is 4. The van der Waals surface area contributed by atoms with Crippen LogP contribution in [0.3, 0.4) is 0 Å². The maximum atomic E-state index is 14.2. The lowest BCUT2D eigenvalue weighted by Gasteiger charge is -2.34. The van der Waals surface area contributed by atoms with E-state index >= 15 is 0 Å². The van der Waals surface area contributed by atoms with Gasteiger partial charge >= 0.3 is 0 Å². The maximum Gasteiger partial charge on any atom is 0.289 e. The summed E-state index contributed by atoms with van der Waals surface area (Å²) in [6, 6.07) is -3.95. The third kappa shape index (κ3) is 8.88. The molecular weight excluding hydrogens is 590 g/mol. The number of fused-ring (bicyclic) bond motifs is 1. The van der Waals surface area contributed by atoms with Crippen molar-refractivity contribution in [2.75, 3.05) is 6.54 Å². The number of hydrogen-bond donors (Lipinski definition) is 4. The van der Waals surface area contributed by atoms with E-state index in [0.717, 1.165) is 19.3 Å². The number of hydrogen-bond acceptors (Lipinski definition) is 8. The van der Waals surface area contributed by atoms with Crippen molar-refractivity contribution in [3.05, 3.63) is 24.3 Å². The number of rotatable bonds is 15. The predicted molar refractivity (Wildman–Crippen MR) is 171 cm³/mol. The van der Waals surface area contributed by atoms with Gasteiger partial charge in [0.05, 0.1) is 12.2 Å². The standard InChI is InChI=1S/C33H51N7O6/c1-8-11-23(28(41)32(45)36-20(7)9-2)37-31(44)27-22-13-10-12-21(22)17-40(27)33(46)26(19(5)6)39-30(43)25(18(3)4)38-29(42)24-16-34-14-15-35-24/h14-16,18-23,25-27H,8-13,17H2,1-7H3,(H,36,45)(H,37,44)(H,38,42)(H,39,43)/t20-,21-,22-,23?,25+,26-,27-/m0/s1. The molecule has 0 aromatic carbocycles. The highest BCUT2D eigenvalue weighted by Crippen LogP contribution is 2.42. The zero-order chi connectivity index (χ0) is 34.1. The molecule has 1 unspecified atom stereocenters. The Morgan fingerprint density at radius 3 is 2.17 bits per heavy atom. The fourth-order valence-electron chi connectivity index (χ4n) is 6.34. The lowest BCUT2D eigenvalue weighted by molar-refractivity contribution is -0.145. The third-order valence-corrected chi connectivity index (χ3v) is 9.13. The molecule has 1 saturated carbocycles. The van der Waals surface area contributed by atoms with Crippen LogP contribution >= 0.6 is 0 Å². The molecule has 5 amide bonds. The zero-order valence-corrected chi connectivity index (χ0v) is 28.2. The summed E-state index contributed by atoms with van der Waals surface area (Å²) in [5.74, 6) is -4.00. The number of Topliss-reactive ketones (excluding diaryl/α,β-unsaturated/α-hetero) is 1. The van der Waals surface area contributed by atoms with Crippen molar-refractivity contribution in [2.24, 2.45) is 23.7 Å². The molecule has 1 aliphatic carbocycles. The van der Waals surface area contributed by atoms with Crippen LogP contribution in [0.4, 0.5) is 0 Å². The predicted octanol–water partition coefficient (Wildman–Crippen LogP) is 1.77. The van der Waals surface area contributed by atoms with E-state index in [0.29, 0.717) is 19.4 Å². The molecule has 13 heteroatoms. The number of aromatic nitrogens is 2. The normalized spacial score (nSPS) is 21.6. The topological polar surface area (TPSA) is 180 Å². The van der Waals surface area contributed by atoms with Crippen molar-refractivity contribution in [3.8, 4) is 0 Å². The maximum absolute atomic E-state index is 14.2. The Bertz CT molecular complexity index is 1260. The van der Waals surface area contributed by atoms with Crippen LogP contribution < -0.4 is 21.3 Å². The minimum atomic E-state index is -1.01. The van der Waals surface area contributed by atoms with Gasteiger partial charge in [0, 0.05) is 25.0 Å². The minimum absolute atomic E-state index is 0.0621. The van der Waals surface area contributed by atoms with Gasteiger partial charge in [-0.1, -0.05) is 54.4 Å². The van der Waals surface area contributed by atoms with Crippen molar-refractivity contribution >= 4 is 35.3 Å². The van der Waals surface area contributed by atoms with Crippen LogP contribution in [-0.2, 0) is 24.0 Å². The van der Waals surface area contributed by atoms with E-state index in [-0.39, 0.29) is 41.8 Å². The highest BCUT2D eigenvalue weighted by atomic mass is 16.2. The Kier molecular flexibility index (Phi) is 13.2. The number of ketones is 1. The summed E-state index contributed by atoms with van der Waals surface area (Å²) in [5, 5.41) is 11.1. The number of carbonyl (C=O) groups excluding carboxylic acids is 6. The molecule has 46 heavy (non-hydrogen) atoms. The summed E-state index contributed by atoms with van der Waals surface area (Å²) in [4.78, 5) is 89.7. The second-order valence-electron chi connectivity index (χ2n) is 13.3. The van der Waals surface area contributed by atoms with Gasteiger partial charge in [-0.05, 0) is 56.3 Å². The van der Waals surface area contributed by atoms with Gasteiger partial charge in [0.1, 0.15) is 23.8 Å². The fraction of sp³-hybridized carbons (Fsp3) is 0.697.